The van der Waals surface area contributed by atoms with E-state index in [1.54, 1.807) is 18.2 Å². The van der Waals surface area contributed by atoms with E-state index in [1.807, 2.05) is 6.92 Å². The zero-order chi connectivity index (χ0) is 14.0. The van der Waals surface area contributed by atoms with Crippen LogP contribution >= 0.6 is 15.9 Å². The lowest BCUT2D eigenvalue weighted by atomic mass is 10.2. The van der Waals surface area contributed by atoms with E-state index in [4.69, 9.17) is 0 Å². The summed E-state index contributed by atoms with van der Waals surface area (Å²) in [6.07, 6.45) is 2.46. The van der Waals surface area contributed by atoms with E-state index in [-0.39, 0.29) is 11.4 Å². The minimum absolute atomic E-state index is 0.0887. The van der Waals surface area contributed by atoms with Crippen LogP contribution in [0.5, 0.6) is 0 Å². The summed E-state index contributed by atoms with van der Waals surface area (Å²) in [7, 11) is 0. The van der Waals surface area contributed by atoms with E-state index in [0.717, 1.165) is 10.0 Å². The molecule has 1 aromatic heterocycles. The molecule has 6 nitrogen and oxygen atoms in total. The molecule has 0 aliphatic rings. The van der Waals surface area contributed by atoms with Gasteiger partial charge in [0.1, 0.15) is 5.69 Å². The number of anilines is 2. The predicted octanol–water partition coefficient (Wildman–Crippen LogP) is 3.70. The van der Waals surface area contributed by atoms with Crippen LogP contribution in [0.25, 0.3) is 0 Å². The summed E-state index contributed by atoms with van der Waals surface area (Å²) in [5.41, 5.74) is 0.821. The third-order valence-corrected chi connectivity index (χ3v) is 3.46. The highest BCUT2D eigenvalue weighted by Gasteiger charge is 2.15. The van der Waals surface area contributed by atoms with Gasteiger partial charge in [-0.2, -0.15) is 0 Å². The van der Waals surface area contributed by atoms with Crippen LogP contribution in [0, 0.1) is 22.2 Å². The quantitative estimate of drug-likeness (QED) is 0.635. The number of nitrogens with zero attached hydrogens (tertiary/aromatic N) is 3. The minimum Gasteiger partial charge on any atom is -0.754 e. The van der Waals surface area contributed by atoms with Crippen molar-refractivity contribution in [2.75, 3.05) is 5.06 Å². The summed E-state index contributed by atoms with van der Waals surface area (Å²) in [4.78, 5) is 14.0. The Bertz CT molecular complexity index is 633. The highest BCUT2D eigenvalue weighted by atomic mass is 79.9. The third-order valence-electron chi connectivity index (χ3n) is 2.57. The highest BCUT2D eigenvalue weighted by Crippen LogP contribution is 2.33. The molecule has 0 saturated heterocycles. The highest BCUT2D eigenvalue weighted by molar-refractivity contribution is 9.10. The fourth-order valence-corrected chi connectivity index (χ4v) is 1.83. The van der Waals surface area contributed by atoms with Crippen molar-refractivity contribution in [3.63, 3.8) is 0 Å². The molecule has 0 aliphatic heterocycles. The van der Waals surface area contributed by atoms with E-state index >= 15 is 0 Å². The molecule has 19 heavy (non-hydrogen) atoms. The van der Waals surface area contributed by atoms with Crippen LogP contribution < -0.4 is 5.06 Å². The zero-order valence-electron chi connectivity index (χ0n) is 9.91. The van der Waals surface area contributed by atoms with Crippen molar-refractivity contribution in [1.82, 2.24) is 4.98 Å². The molecule has 0 fully saturated rings. The summed E-state index contributed by atoms with van der Waals surface area (Å²) < 4.78 is 0.866. The van der Waals surface area contributed by atoms with Crippen LogP contribution in [0.3, 0.4) is 0 Å². The maximum absolute atomic E-state index is 12.2. The maximum atomic E-state index is 12.2. The van der Waals surface area contributed by atoms with Gasteiger partial charge in [0.15, 0.2) is 0 Å². The number of pyridine rings is 1. The second-order valence-electron chi connectivity index (χ2n) is 3.85. The molecule has 0 saturated carbocycles. The van der Waals surface area contributed by atoms with E-state index < -0.39 is 4.92 Å². The summed E-state index contributed by atoms with van der Waals surface area (Å²) in [6.45, 7) is 1.83. The van der Waals surface area contributed by atoms with Crippen LogP contribution in [0.15, 0.2) is 41.1 Å². The maximum Gasteiger partial charge on any atom is 0.295 e. The van der Waals surface area contributed by atoms with E-state index in [2.05, 4.69) is 20.9 Å². The first-order chi connectivity index (χ1) is 9.00. The summed E-state index contributed by atoms with van der Waals surface area (Å²) >= 11 is 3.33. The lowest BCUT2D eigenvalue weighted by Gasteiger charge is -2.30. The Kier molecular flexibility index (Phi) is 3.77. The molecule has 0 N–H and O–H groups in total. The summed E-state index contributed by atoms with van der Waals surface area (Å²) in [5, 5.41) is 23.6. The molecule has 7 heteroatoms. The molecule has 2 aromatic rings. The van der Waals surface area contributed by atoms with Crippen LogP contribution in [-0.4, -0.2) is 9.91 Å². The average molecular weight is 323 g/mol. The van der Waals surface area contributed by atoms with Crippen molar-refractivity contribution in [2.24, 2.45) is 0 Å². The Hall–Kier alpha value is -1.99. The van der Waals surface area contributed by atoms with Gasteiger partial charge in [-0.1, -0.05) is 15.9 Å². The number of rotatable bonds is 3. The van der Waals surface area contributed by atoms with Crippen molar-refractivity contribution in [1.29, 1.82) is 0 Å². The molecule has 1 aromatic carbocycles. The molecule has 0 atom stereocenters. The zero-order valence-corrected chi connectivity index (χ0v) is 11.5. The van der Waals surface area contributed by atoms with Gasteiger partial charge in [0.25, 0.3) is 5.69 Å². The Labute approximate surface area is 117 Å². The topological polar surface area (TPSA) is 82.3 Å². The second kappa shape index (κ2) is 5.33. The Morgan fingerprint density at radius 1 is 1.37 bits per heavy atom. The molecule has 0 unspecified atom stereocenters. The molecule has 0 spiro atoms. The Morgan fingerprint density at radius 3 is 2.74 bits per heavy atom. The summed E-state index contributed by atoms with van der Waals surface area (Å²) in [6, 6.07) is 6.15. The molecule has 98 valence electrons. The van der Waals surface area contributed by atoms with Gasteiger partial charge in [-0.25, -0.2) is 0 Å². The van der Waals surface area contributed by atoms with Crippen molar-refractivity contribution in [3.8, 4) is 0 Å². The summed E-state index contributed by atoms with van der Waals surface area (Å²) in [5.74, 6) is 0. The first-order valence-corrected chi connectivity index (χ1v) is 6.12. The first kappa shape index (κ1) is 13.4. The number of hydrogen-bond acceptors (Lipinski definition) is 5. The van der Waals surface area contributed by atoms with Gasteiger partial charge >= 0.3 is 0 Å². The van der Waals surface area contributed by atoms with Crippen LogP contribution in [-0.2, 0) is 0 Å². The molecule has 0 amide bonds. The van der Waals surface area contributed by atoms with Crippen molar-refractivity contribution in [3.05, 3.63) is 62.0 Å². The molecular weight excluding hydrogens is 314 g/mol. The standard InChI is InChI=1S/C12H9BrN3O3/c1-8-6-9(2-3-10(8)13)15(17)12-7-14-5-4-11(12)16(18)19/h2-7H,1H3/q-1. The number of nitro groups is 1. The number of hydrogen-bond donors (Lipinski definition) is 0. The SMILES string of the molecule is Cc1cc(N([O-])c2cnccc2[N+](=O)[O-])ccc1Br. The van der Waals surface area contributed by atoms with Crippen molar-refractivity contribution < 1.29 is 4.92 Å². The van der Waals surface area contributed by atoms with Gasteiger partial charge < -0.3 is 10.3 Å². The van der Waals surface area contributed by atoms with Gasteiger partial charge in [-0.3, -0.25) is 15.1 Å². The van der Waals surface area contributed by atoms with Crippen LogP contribution in [0.1, 0.15) is 5.56 Å². The van der Waals surface area contributed by atoms with E-state index in [1.165, 1.54) is 18.5 Å². The van der Waals surface area contributed by atoms with Gasteiger partial charge in [-0.05, 0) is 30.7 Å². The van der Waals surface area contributed by atoms with E-state index in [9.17, 15) is 15.3 Å². The first-order valence-electron chi connectivity index (χ1n) is 5.32. The molecule has 0 radical (unpaired) electrons. The van der Waals surface area contributed by atoms with Crippen LogP contribution in [0.2, 0.25) is 0 Å². The predicted molar refractivity (Wildman–Crippen MR) is 75.3 cm³/mol. The fourth-order valence-electron chi connectivity index (χ4n) is 1.58. The Morgan fingerprint density at radius 2 is 2.11 bits per heavy atom. The van der Waals surface area contributed by atoms with Gasteiger partial charge in [0.2, 0.25) is 0 Å². The molecule has 0 aliphatic carbocycles. The fraction of sp³-hybridized carbons (Fsp3) is 0.0833. The third kappa shape index (κ3) is 2.72. The lowest BCUT2D eigenvalue weighted by Crippen LogP contribution is -2.09. The second-order valence-corrected chi connectivity index (χ2v) is 4.70. The largest absolute Gasteiger partial charge is 0.754 e. The number of halogens is 1. The van der Waals surface area contributed by atoms with Crippen molar-refractivity contribution >= 4 is 33.0 Å². The van der Waals surface area contributed by atoms with Crippen molar-refractivity contribution in [2.45, 2.75) is 6.92 Å². The molecule has 0 bridgehead atoms. The van der Waals surface area contributed by atoms with E-state index in [0.29, 0.717) is 10.8 Å². The number of aromatic nitrogens is 1. The normalized spacial score (nSPS) is 10.3. The smallest absolute Gasteiger partial charge is 0.295 e. The molecule has 2 rings (SSSR count). The molecule has 1 heterocycles. The number of aryl methyl sites for hydroxylation is 1. The average Bonchev–Trinajstić information content (AvgIpc) is 2.41. The monoisotopic (exact) mass is 322 g/mol. The van der Waals surface area contributed by atoms with Gasteiger partial charge in [0.05, 0.1) is 11.1 Å². The Balaban J connectivity index is 2.46. The van der Waals surface area contributed by atoms with Crippen LogP contribution in [0.4, 0.5) is 17.1 Å². The molecular formula is C12H9BrN3O3-. The van der Waals surface area contributed by atoms with Gasteiger partial charge in [0, 0.05) is 22.4 Å². The minimum atomic E-state index is -0.604. The number of benzene rings is 1. The van der Waals surface area contributed by atoms with Gasteiger partial charge in [-0.15, -0.1) is 0 Å². The lowest BCUT2D eigenvalue weighted by molar-refractivity contribution is -0.384.